The molecule has 4 N–H and O–H groups in total. The van der Waals surface area contributed by atoms with Gasteiger partial charge in [-0.2, -0.15) is 0 Å². The Balaban J connectivity index is 1.96. The molecule has 1 aliphatic carbocycles. The van der Waals surface area contributed by atoms with Crippen LogP contribution in [0, 0.1) is 11.8 Å². The molecule has 0 bridgehead atoms. The van der Waals surface area contributed by atoms with Crippen molar-refractivity contribution in [2.45, 2.75) is 37.6 Å². The summed E-state index contributed by atoms with van der Waals surface area (Å²) in [6.07, 6.45) is 4.43. The molecular formula is C13H24N2O3. The van der Waals surface area contributed by atoms with Gasteiger partial charge in [-0.25, -0.2) is 0 Å². The van der Waals surface area contributed by atoms with E-state index in [1.807, 2.05) is 0 Å². The first-order valence-corrected chi connectivity index (χ1v) is 6.91. The van der Waals surface area contributed by atoms with Crippen molar-refractivity contribution in [2.75, 3.05) is 26.4 Å². The third kappa shape index (κ3) is 2.84. The van der Waals surface area contributed by atoms with Gasteiger partial charge < -0.3 is 20.9 Å². The lowest BCUT2D eigenvalue weighted by molar-refractivity contribution is -0.130. The molecule has 2 fully saturated rings. The number of aliphatic hydroxyl groups is 1. The minimum absolute atomic E-state index is 0.0118. The first-order valence-electron chi connectivity index (χ1n) is 6.91. The van der Waals surface area contributed by atoms with E-state index in [4.69, 9.17) is 10.5 Å². The van der Waals surface area contributed by atoms with Crippen LogP contribution in [0.25, 0.3) is 0 Å². The van der Waals surface area contributed by atoms with Crippen molar-refractivity contribution < 1.29 is 14.6 Å². The molecule has 2 atom stereocenters. The second-order valence-corrected chi connectivity index (χ2v) is 5.57. The van der Waals surface area contributed by atoms with Gasteiger partial charge in [-0.1, -0.05) is 6.42 Å². The molecule has 104 valence electrons. The molecule has 1 saturated carbocycles. The smallest absolute Gasteiger partial charge is 0.223 e. The van der Waals surface area contributed by atoms with Crippen molar-refractivity contribution in [1.29, 1.82) is 0 Å². The zero-order valence-corrected chi connectivity index (χ0v) is 10.9. The lowest BCUT2D eigenvalue weighted by Gasteiger charge is -2.37. The number of ether oxygens (including phenoxy) is 1. The zero-order chi connectivity index (χ0) is 13.0. The maximum Gasteiger partial charge on any atom is 0.223 e. The van der Waals surface area contributed by atoms with Crippen molar-refractivity contribution in [2.24, 2.45) is 17.6 Å². The molecule has 1 heterocycles. The van der Waals surface area contributed by atoms with E-state index in [2.05, 4.69) is 5.32 Å². The van der Waals surface area contributed by atoms with E-state index >= 15 is 0 Å². The highest BCUT2D eigenvalue weighted by Gasteiger charge is 2.38. The van der Waals surface area contributed by atoms with Crippen molar-refractivity contribution in [3.05, 3.63) is 0 Å². The van der Waals surface area contributed by atoms with Crippen LogP contribution in [0.1, 0.15) is 32.1 Å². The van der Waals surface area contributed by atoms with Gasteiger partial charge in [0.05, 0.1) is 12.1 Å². The summed E-state index contributed by atoms with van der Waals surface area (Å²) in [7, 11) is 0. The summed E-state index contributed by atoms with van der Waals surface area (Å²) in [5.74, 6) is 0.403. The van der Waals surface area contributed by atoms with Gasteiger partial charge in [0, 0.05) is 19.1 Å². The molecule has 2 aliphatic rings. The van der Waals surface area contributed by atoms with Crippen LogP contribution in [0.4, 0.5) is 0 Å². The fourth-order valence-electron chi connectivity index (χ4n) is 3.10. The average Bonchev–Trinajstić information content (AvgIpc) is 2.88. The molecule has 1 saturated heterocycles. The van der Waals surface area contributed by atoms with Crippen molar-refractivity contribution in [1.82, 2.24) is 5.32 Å². The van der Waals surface area contributed by atoms with Gasteiger partial charge in [-0.15, -0.1) is 0 Å². The number of amides is 1. The number of carbonyl (C=O) groups excluding carboxylic acids is 1. The van der Waals surface area contributed by atoms with Gasteiger partial charge in [0.2, 0.25) is 5.91 Å². The number of hydrogen-bond donors (Lipinski definition) is 3. The maximum absolute atomic E-state index is 12.3. The molecule has 0 spiro atoms. The highest BCUT2D eigenvalue weighted by atomic mass is 16.5. The molecule has 0 radical (unpaired) electrons. The fraction of sp³-hybridized carbons (Fsp3) is 0.923. The summed E-state index contributed by atoms with van der Waals surface area (Å²) in [4.78, 5) is 12.3. The lowest BCUT2D eigenvalue weighted by atomic mass is 9.88. The number of rotatable bonds is 4. The average molecular weight is 256 g/mol. The first-order chi connectivity index (χ1) is 8.71. The maximum atomic E-state index is 12.3. The van der Waals surface area contributed by atoms with Gasteiger partial charge in [0.25, 0.3) is 0 Å². The van der Waals surface area contributed by atoms with Gasteiger partial charge in [-0.05, 0) is 38.1 Å². The van der Waals surface area contributed by atoms with E-state index in [1.165, 1.54) is 0 Å². The van der Waals surface area contributed by atoms with E-state index in [0.29, 0.717) is 38.5 Å². The van der Waals surface area contributed by atoms with E-state index in [9.17, 15) is 9.90 Å². The van der Waals surface area contributed by atoms with Crippen LogP contribution >= 0.6 is 0 Å². The van der Waals surface area contributed by atoms with E-state index < -0.39 is 5.54 Å². The highest BCUT2D eigenvalue weighted by Crippen LogP contribution is 2.32. The summed E-state index contributed by atoms with van der Waals surface area (Å²) in [5, 5.41) is 12.6. The predicted molar refractivity (Wildman–Crippen MR) is 67.9 cm³/mol. The van der Waals surface area contributed by atoms with Gasteiger partial charge in [0.15, 0.2) is 0 Å². The second kappa shape index (κ2) is 5.99. The number of nitrogens with two attached hydrogens (primary N) is 1. The molecule has 0 aromatic heterocycles. The summed E-state index contributed by atoms with van der Waals surface area (Å²) < 4.78 is 5.29. The standard InChI is InChI=1S/C13H24N2O3/c14-8-10-2-1-3-11(10)12(17)15-13(9-16)4-6-18-7-5-13/h10-11,16H,1-9,14H2,(H,15,17). The van der Waals surface area contributed by atoms with Gasteiger partial charge in [-0.3, -0.25) is 4.79 Å². The summed E-state index contributed by atoms with van der Waals surface area (Å²) >= 11 is 0. The Kier molecular flexibility index (Phi) is 4.59. The summed E-state index contributed by atoms with van der Waals surface area (Å²) in [5.41, 5.74) is 5.24. The molecule has 5 nitrogen and oxygen atoms in total. The zero-order valence-electron chi connectivity index (χ0n) is 10.9. The highest BCUT2D eigenvalue weighted by molar-refractivity contribution is 5.80. The first kappa shape index (κ1) is 13.8. The molecule has 18 heavy (non-hydrogen) atoms. The summed E-state index contributed by atoms with van der Waals surface area (Å²) in [6.45, 7) is 1.77. The lowest BCUT2D eigenvalue weighted by Crippen LogP contribution is -2.56. The van der Waals surface area contributed by atoms with Crippen molar-refractivity contribution in [3.8, 4) is 0 Å². The third-order valence-corrected chi connectivity index (χ3v) is 4.44. The molecule has 2 rings (SSSR count). The Morgan fingerprint density at radius 2 is 2.11 bits per heavy atom. The van der Waals surface area contributed by atoms with Crippen molar-refractivity contribution in [3.63, 3.8) is 0 Å². The number of carbonyl (C=O) groups is 1. The topological polar surface area (TPSA) is 84.6 Å². The van der Waals surface area contributed by atoms with Crippen LogP contribution in [0.5, 0.6) is 0 Å². The quantitative estimate of drug-likeness (QED) is 0.662. The van der Waals surface area contributed by atoms with Crippen LogP contribution < -0.4 is 11.1 Å². The molecule has 5 heteroatoms. The Labute approximate surface area is 108 Å². The SMILES string of the molecule is NCC1CCCC1C(=O)NC1(CO)CCOCC1. The molecule has 2 unspecified atom stereocenters. The van der Waals surface area contributed by atoms with Gasteiger partial charge in [0.1, 0.15) is 0 Å². The Hall–Kier alpha value is -0.650. The monoisotopic (exact) mass is 256 g/mol. The Bertz CT molecular complexity index is 290. The molecular weight excluding hydrogens is 232 g/mol. The van der Waals surface area contributed by atoms with Crippen LogP contribution in [0.15, 0.2) is 0 Å². The predicted octanol–water partition coefficient (Wildman–Crippen LogP) is 0.0191. The number of aliphatic hydroxyl groups excluding tert-OH is 1. The van der Waals surface area contributed by atoms with Crippen molar-refractivity contribution >= 4 is 5.91 Å². The van der Waals surface area contributed by atoms with E-state index in [1.54, 1.807) is 0 Å². The molecule has 0 aromatic rings. The minimum atomic E-state index is -0.475. The normalized spacial score (nSPS) is 31.2. The van der Waals surface area contributed by atoms with Gasteiger partial charge >= 0.3 is 0 Å². The second-order valence-electron chi connectivity index (χ2n) is 5.57. The fourth-order valence-corrected chi connectivity index (χ4v) is 3.10. The largest absolute Gasteiger partial charge is 0.394 e. The molecule has 0 aromatic carbocycles. The van der Waals surface area contributed by atoms with E-state index in [0.717, 1.165) is 19.3 Å². The van der Waals surface area contributed by atoms with Crippen LogP contribution in [0.3, 0.4) is 0 Å². The third-order valence-electron chi connectivity index (χ3n) is 4.44. The van der Waals surface area contributed by atoms with Crippen LogP contribution in [0.2, 0.25) is 0 Å². The van der Waals surface area contributed by atoms with Crippen LogP contribution in [-0.2, 0) is 9.53 Å². The Morgan fingerprint density at radius 1 is 1.39 bits per heavy atom. The Morgan fingerprint density at radius 3 is 2.72 bits per heavy atom. The van der Waals surface area contributed by atoms with Crippen LogP contribution in [-0.4, -0.2) is 42.9 Å². The van der Waals surface area contributed by atoms with E-state index in [-0.39, 0.29) is 18.4 Å². The summed E-state index contributed by atoms with van der Waals surface area (Å²) in [6, 6.07) is 0. The molecule has 1 amide bonds. The number of hydrogen-bond acceptors (Lipinski definition) is 4. The minimum Gasteiger partial charge on any atom is -0.394 e. The molecule has 1 aliphatic heterocycles. The number of nitrogens with one attached hydrogen (secondary N) is 1.